The van der Waals surface area contributed by atoms with Crippen molar-refractivity contribution in [1.29, 1.82) is 0 Å². The maximum atomic E-state index is 12.0. The first-order valence-corrected chi connectivity index (χ1v) is 5.33. The van der Waals surface area contributed by atoms with Gasteiger partial charge in [0, 0.05) is 12.1 Å². The summed E-state index contributed by atoms with van der Waals surface area (Å²) in [6.45, 7) is 0.917. The van der Waals surface area contributed by atoms with Crippen LogP contribution in [0.2, 0.25) is 0 Å². The number of methoxy groups -OCH3 is 1. The Bertz CT molecular complexity index is 382. The van der Waals surface area contributed by atoms with Crippen molar-refractivity contribution in [3.63, 3.8) is 0 Å². The van der Waals surface area contributed by atoms with Crippen molar-refractivity contribution < 1.29 is 27.4 Å². The maximum absolute atomic E-state index is 12.0. The highest BCUT2D eigenvalue weighted by molar-refractivity contribution is 5.33. The van der Waals surface area contributed by atoms with Crippen LogP contribution >= 0.6 is 0 Å². The van der Waals surface area contributed by atoms with E-state index < -0.39 is 12.8 Å². The topological polar surface area (TPSA) is 40.6 Å². The monoisotopic (exact) mass is 265 g/mol. The van der Waals surface area contributed by atoms with E-state index in [2.05, 4.69) is 9.72 Å². The van der Waals surface area contributed by atoms with E-state index in [1.165, 1.54) is 19.2 Å². The van der Waals surface area contributed by atoms with Crippen molar-refractivity contribution in [3.05, 3.63) is 12.1 Å². The van der Waals surface area contributed by atoms with Gasteiger partial charge in [0.25, 0.3) is 0 Å². The van der Waals surface area contributed by atoms with Crippen LogP contribution in [0.5, 0.6) is 17.5 Å². The van der Waals surface area contributed by atoms with Crippen molar-refractivity contribution in [2.45, 2.75) is 19.5 Å². The van der Waals surface area contributed by atoms with Crippen molar-refractivity contribution in [2.24, 2.45) is 0 Å². The van der Waals surface area contributed by atoms with Crippen LogP contribution in [-0.4, -0.2) is 31.5 Å². The highest BCUT2D eigenvalue weighted by Crippen LogP contribution is 2.25. The fourth-order valence-electron chi connectivity index (χ4n) is 1.09. The van der Waals surface area contributed by atoms with Gasteiger partial charge in [-0.05, 0) is 6.42 Å². The Kier molecular flexibility index (Phi) is 5.06. The molecule has 1 rings (SSSR count). The molecule has 0 saturated carbocycles. The maximum Gasteiger partial charge on any atom is 0.422 e. The predicted molar refractivity (Wildman–Crippen MR) is 58.1 cm³/mol. The molecule has 1 heterocycles. The molecular weight excluding hydrogens is 251 g/mol. The number of rotatable bonds is 6. The lowest BCUT2D eigenvalue weighted by Crippen LogP contribution is -2.19. The highest BCUT2D eigenvalue weighted by atomic mass is 19.4. The minimum absolute atomic E-state index is 0.174. The van der Waals surface area contributed by atoms with Gasteiger partial charge in [-0.2, -0.15) is 18.2 Å². The van der Waals surface area contributed by atoms with E-state index >= 15 is 0 Å². The normalized spacial score (nSPS) is 11.2. The standard InChI is InChI=1S/C11H14F3NO3/c1-3-4-17-9-5-8(16-2)6-10(15-9)18-7-11(12,13)14/h5-6H,3-4,7H2,1-2H3. The average molecular weight is 265 g/mol. The van der Waals surface area contributed by atoms with Crippen LogP contribution in [0.15, 0.2) is 12.1 Å². The molecule has 1 aromatic heterocycles. The molecule has 0 unspecified atom stereocenters. The van der Waals surface area contributed by atoms with E-state index in [1.54, 1.807) is 0 Å². The number of halogens is 3. The molecule has 7 heteroatoms. The van der Waals surface area contributed by atoms with E-state index in [4.69, 9.17) is 9.47 Å². The Morgan fingerprint density at radius 1 is 1.17 bits per heavy atom. The van der Waals surface area contributed by atoms with Gasteiger partial charge in [-0.1, -0.05) is 6.92 Å². The number of aromatic nitrogens is 1. The summed E-state index contributed by atoms with van der Waals surface area (Å²) in [7, 11) is 1.40. The van der Waals surface area contributed by atoms with Gasteiger partial charge >= 0.3 is 6.18 Å². The highest BCUT2D eigenvalue weighted by Gasteiger charge is 2.28. The summed E-state index contributed by atoms with van der Waals surface area (Å²) < 4.78 is 50.7. The molecule has 18 heavy (non-hydrogen) atoms. The lowest BCUT2D eigenvalue weighted by Gasteiger charge is -2.11. The van der Waals surface area contributed by atoms with Crippen LogP contribution in [0.4, 0.5) is 13.2 Å². The third-order valence-electron chi connectivity index (χ3n) is 1.83. The smallest absolute Gasteiger partial charge is 0.422 e. The zero-order valence-electron chi connectivity index (χ0n) is 10.1. The van der Waals surface area contributed by atoms with Gasteiger partial charge in [0.15, 0.2) is 6.61 Å². The molecule has 0 radical (unpaired) electrons. The molecule has 0 aromatic carbocycles. The lowest BCUT2D eigenvalue weighted by atomic mass is 10.4. The van der Waals surface area contributed by atoms with Crippen molar-refractivity contribution >= 4 is 0 Å². The SMILES string of the molecule is CCCOc1cc(OC)cc(OCC(F)(F)F)n1. The number of pyridine rings is 1. The zero-order valence-corrected chi connectivity index (χ0v) is 10.1. The largest absolute Gasteiger partial charge is 0.496 e. The van der Waals surface area contributed by atoms with Crippen molar-refractivity contribution in [2.75, 3.05) is 20.3 Å². The Labute approximate surface area is 103 Å². The predicted octanol–water partition coefficient (Wildman–Crippen LogP) is 2.82. The van der Waals surface area contributed by atoms with Crippen LogP contribution in [0.25, 0.3) is 0 Å². The van der Waals surface area contributed by atoms with Gasteiger partial charge < -0.3 is 14.2 Å². The number of nitrogens with zero attached hydrogens (tertiary/aromatic N) is 1. The molecular formula is C11H14F3NO3. The average Bonchev–Trinajstić information content (AvgIpc) is 2.32. The van der Waals surface area contributed by atoms with Crippen LogP contribution in [0.1, 0.15) is 13.3 Å². The van der Waals surface area contributed by atoms with Crippen LogP contribution in [-0.2, 0) is 0 Å². The summed E-state index contributed by atoms with van der Waals surface area (Å²) in [4.78, 5) is 3.80. The summed E-state index contributed by atoms with van der Waals surface area (Å²) >= 11 is 0. The fourth-order valence-corrected chi connectivity index (χ4v) is 1.09. The quantitative estimate of drug-likeness (QED) is 0.793. The minimum Gasteiger partial charge on any atom is -0.496 e. The lowest BCUT2D eigenvalue weighted by molar-refractivity contribution is -0.154. The van der Waals surface area contributed by atoms with E-state index in [1.807, 2.05) is 6.92 Å². The first kappa shape index (κ1) is 14.4. The van der Waals surface area contributed by atoms with E-state index in [0.717, 1.165) is 6.42 Å². The van der Waals surface area contributed by atoms with Gasteiger partial charge in [-0.25, -0.2) is 0 Å². The second kappa shape index (κ2) is 6.32. The van der Waals surface area contributed by atoms with Crippen LogP contribution < -0.4 is 14.2 Å². The zero-order chi connectivity index (χ0) is 13.6. The molecule has 102 valence electrons. The molecule has 0 fully saturated rings. The third-order valence-corrected chi connectivity index (χ3v) is 1.83. The minimum atomic E-state index is -4.41. The van der Waals surface area contributed by atoms with Crippen LogP contribution in [0, 0.1) is 0 Å². The molecule has 0 aliphatic carbocycles. The van der Waals surface area contributed by atoms with Gasteiger partial charge in [0.1, 0.15) is 5.75 Å². The Morgan fingerprint density at radius 2 is 1.78 bits per heavy atom. The summed E-state index contributed by atoms with van der Waals surface area (Å²) in [5.41, 5.74) is 0. The molecule has 0 aliphatic heterocycles. The summed E-state index contributed by atoms with van der Waals surface area (Å²) in [5, 5.41) is 0. The number of ether oxygens (including phenoxy) is 3. The molecule has 0 aliphatic rings. The summed E-state index contributed by atoms with van der Waals surface area (Å²) in [5.74, 6) is 0.319. The number of hydrogen-bond acceptors (Lipinski definition) is 4. The van der Waals surface area contributed by atoms with E-state index in [0.29, 0.717) is 12.4 Å². The molecule has 0 bridgehead atoms. The molecule has 0 saturated heterocycles. The molecule has 0 amide bonds. The third kappa shape index (κ3) is 5.11. The number of alkyl halides is 3. The molecule has 0 spiro atoms. The van der Waals surface area contributed by atoms with Crippen molar-refractivity contribution in [3.8, 4) is 17.5 Å². The second-order valence-electron chi connectivity index (χ2n) is 3.44. The van der Waals surface area contributed by atoms with Gasteiger partial charge in [-0.3, -0.25) is 0 Å². The van der Waals surface area contributed by atoms with Gasteiger partial charge in [0.2, 0.25) is 11.8 Å². The second-order valence-corrected chi connectivity index (χ2v) is 3.44. The molecule has 0 N–H and O–H groups in total. The van der Waals surface area contributed by atoms with Crippen LogP contribution in [0.3, 0.4) is 0 Å². The molecule has 0 atom stereocenters. The van der Waals surface area contributed by atoms with E-state index in [-0.39, 0.29) is 11.8 Å². The first-order valence-electron chi connectivity index (χ1n) is 5.33. The Hall–Kier alpha value is -1.66. The van der Waals surface area contributed by atoms with E-state index in [9.17, 15) is 13.2 Å². The van der Waals surface area contributed by atoms with Gasteiger partial charge in [0.05, 0.1) is 13.7 Å². The Balaban J connectivity index is 2.76. The summed E-state index contributed by atoms with van der Waals surface area (Å²) in [6, 6.07) is 2.75. The molecule has 1 aromatic rings. The van der Waals surface area contributed by atoms with Gasteiger partial charge in [-0.15, -0.1) is 0 Å². The number of hydrogen-bond donors (Lipinski definition) is 0. The molecule has 4 nitrogen and oxygen atoms in total. The van der Waals surface area contributed by atoms with Crippen molar-refractivity contribution in [1.82, 2.24) is 4.98 Å². The first-order chi connectivity index (χ1) is 8.44. The Morgan fingerprint density at radius 3 is 2.28 bits per heavy atom. The fraction of sp³-hybridized carbons (Fsp3) is 0.545. The summed E-state index contributed by atoms with van der Waals surface area (Å²) in [6.07, 6.45) is -3.65.